The average Bonchev–Trinajstić information content (AvgIpc) is 3.18. The monoisotopic (exact) mass is 852 g/mol. The van der Waals surface area contributed by atoms with E-state index in [-0.39, 0.29) is 36.4 Å². The number of aliphatic hydroxyl groups excluding tert-OH is 4. The summed E-state index contributed by atoms with van der Waals surface area (Å²) in [6.45, 7) is 18.0. The molecule has 6 unspecified atom stereocenters. The number of carbonyl (C=O) groups is 2. The number of allylic oxidation sites excluding steroid dienone is 6. The molecule has 0 aromatic heterocycles. The zero-order chi connectivity index (χ0) is 45.2. The molecule has 15 heteroatoms. The highest BCUT2D eigenvalue weighted by Gasteiger charge is 2.52. The van der Waals surface area contributed by atoms with Gasteiger partial charge >= 0.3 is 12.1 Å². The first kappa shape index (κ1) is 51.2. The van der Waals surface area contributed by atoms with Gasteiger partial charge in [0.1, 0.15) is 12.2 Å². The van der Waals surface area contributed by atoms with Crippen molar-refractivity contribution < 1.29 is 68.3 Å². The maximum atomic E-state index is 13.9. The van der Waals surface area contributed by atoms with E-state index < -0.39 is 103 Å². The summed E-state index contributed by atoms with van der Waals surface area (Å²) in [7, 11) is 2.80. The van der Waals surface area contributed by atoms with Crippen LogP contribution in [0.1, 0.15) is 88.5 Å². The van der Waals surface area contributed by atoms with Crippen molar-refractivity contribution in [2.24, 2.45) is 41.2 Å². The van der Waals surface area contributed by atoms with Gasteiger partial charge in [-0.05, 0) is 46.1 Å². The molecule has 0 aliphatic carbocycles. The van der Waals surface area contributed by atoms with Crippen molar-refractivity contribution in [1.29, 1.82) is 0 Å². The molecule has 18 atom stereocenters. The largest absolute Gasteiger partial charge is 0.490 e. The molecular weight excluding hydrogens is 778 g/mol. The molecule has 3 rings (SSSR count). The molecule has 3 heterocycles. The predicted octanol–water partition coefficient (Wildman–Crippen LogP) is 4.59. The molecule has 3 aliphatic rings. The van der Waals surface area contributed by atoms with Crippen LogP contribution in [0.5, 0.6) is 0 Å². The Labute approximate surface area is 356 Å². The highest BCUT2D eigenvalue weighted by Crippen LogP contribution is 2.42. The van der Waals surface area contributed by atoms with Crippen molar-refractivity contribution in [3.8, 4) is 0 Å². The van der Waals surface area contributed by atoms with Gasteiger partial charge in [-0.2, -0.15) is 0 Å². The van der Waals surface area contributed by atoms with Crippen LogP contribution in [0.2, 0.25) is 0 Å². The fourth-order valence-electron chi connectivity index (χ4n) is 8.64. The summed E-state index contributed by atoms with van der Waals surface area (Å²) < 4.78 is 41.3. The molecule has 15 nitrogen and oxygen atoms in total. The molecule has 0 aromatic carbocycles. The molecule has 342 valence electrons. The Morgan fingerprint density at radius 2 is 1.72 bits per heavy atom. The van der Waals surface area contributed by atoms with Crippen molar-refractivity contribution >= 4 is 12.1 Å². The van der Waals surface area contributed by atoms with E-state index in [4.69, 9.17) is 38.9 Å². The first-order chi connectivity index (χ1) is 28.1. The maximum absolute atomic E-state index is 13.9. The van der Waals surface area contributed by atoms with Crippen LogP contribution in [0.25, 0.3) is 0 Å². The fraction of sp³-hybridized carbons (Fsp3) is 0.733. The van der Waals surface area contributed by atoms with Gasteiger partial charge in [-0.25, -0.2) is 9.59 Å². The lowest BCUT2D eigenvalue weighted by Crippen LogP contribution is -2.59. The zero-order valence-electron chi connectivity index (χ0n) is 37.5. The van der Waals surface area contributed by atoms with Crippen LogP contribution < -0.4 is 5.73 Å². The van der Waals surface area contributed by atoms with Crippen molar-refractivity contribution in [2.45, 2.75) is 162 Å². The van der Waals surface area contributed by atoms with Gasteiger partial charge in [0, 0.05) is 49.5 Å². The number of nitrogens with two attached hydrogens (primary N) is 1. The zero-order valence-corrected chi connectivity index (χ0v) is 37.5. The van der Waals surface area contributed by atoms with Crippen molar-refractivity contribution in [2.75, 3.05) is 14.2 Å². The normalized spacial score (nSPS) is 42.7. The number of esters is 1. The van der Waals surface area contributed by atoms with E-state index in [0.717, 1.165) is 5.57 Å². The van der Waals surface area contributed by atoms with Gasteiger partial charge < -0.3 is 64.4 Å². The molecule has 2 saturated heterocycles. The first-order valence-electron chi connectivity index (χ1n) is 21.1. The fourth-order valence-corrected chi connectivity index (χ4v) is 8.64. The topological polar surface area (TPSA) is 226 Å². The average molecular weight is 852 g/mol. The van der Waals surface area contributed by atoms with Crippen LogP contribution in [0.3, 0.4) is 0 Å². The number of methoxy groups -OCH3 is 2. The standard InChI is InChI=1S/C45H73NO14/c1-13-15-33-27(6)36(57-37-21-32(47)42(31(10)56-37)59-44(46)52)22-45(53,60-33)30(9)40(50)29(8)41-34(54-11)17-14-16-23(2)18-25(4)38(48)28(7)39(49)26(5)19-24(3)20-35(55-12)43(51)58-41/h13-17,19-20,25-34,36-42,47-50,53H,18,21-22H2,1-12H3,(H2,46,52)/b15-13+,17-14+,23-16+,24-19+,35-20-/t25-,26+,27+,28-,29-,30-,31?,32?,33?,34+,36+,37?,38+,39+,40+,41?,42?,45+/m0/s1. The number of hydrogen-bond donors (Lipinski definition) is 6. The Morgan fingerprint density at radius 1 is 1.05 bits per heavy atom. The van der Waals surface area contributed by atoms with Gasteiger partial charge in [-0.1, -0.05) is 89.1 Å². The minimum Gasteiger partial charge on any atom is -0.490 e. The Bertz CT molecular complexity index is 1550. The molecular formula is C45H73NO14. The number of ether oxygens (including phenoxy) is 7. The number of primary amides is 1. The molecule has 60 heavy (non-hydrogen) atoms. The van der Waals surface area contributed by atoms with Gasteiger partial charge in [-0.15, -0.1) is 0 Å². The summed E-state index contributed by atoms with van der Waals surface area (Å²) in [5.74, 6) is -6.06. The van der Waals surface area contributed by atoms with Crippen molar-refractivity contribution in [1.82, 2.24) is 0 Å². The number of rotatable bonds is 10. The third kappa shape index (κ3) is 13.2. The van der Waals surface area contributed by atoms with E-state index in [2.05, 4.69) is 0 Å². The van der Waals surface area contributed by atoms with Crippen LogP contribution in [0.4, 0.5) is 4.79 Å². The molecule has 2 fully saturated rings. The second kappa shape index (κ2) is 22.8. The van der Waals surface area contributed by atoms with Crippen LogP contribution in [0, 0.1) is 35.5 Å². The van der Waals surface area contributed by atoms with E-state index in [9.17, 15) is 35.1 Å². The molecule has 3 aliphatic heterocycles. The van der Waals surface area contributed by atoms with Crippen LogP contribution in [-0.4, -0.2) is 125 Å². The SMILES string of the molecule is C/C=C/C1O[C@@](O)([C@@H](C)[C@H](O)[C@H](C)C2OC(=O)/C(OC)=C/C(C)=C/[C@@H](C)[C@@H](O)[C@@H](C)[C@H](O)[C@@H](C)C/C(C)=C/C=C/[C@H]2OC)C[C@@H](OC2CC(O)C(OC(N)=O)C(C)O2)[C@@H]1C. The van der Waals surface area contributed by atoms with E-state index in [0.29, 0.717) is 12.0 Å². The molecule has 0 radical (unpaired) electrons. The van der Waals surface area contributed by atoms with E-state index >= 15 is 0 Å². The number of cyclic esters (lactones) is 1. The summed E-state index contributed by atoms with van der Waals surface area (Å²) in [6.07, 6.45) is 1.54. The van der Waals surface area contributed by atoms with E-state index in [1.54, 1.807) is 58.1 Å². The lowest BCUT2D eigenvalue weighted by Gasteiger charge is -2.49. The summed E-state index contributed by atoms with van der Waals surface area (Å²) in [5.41, 5.74) is 6.76. The molecule has 1 amide bonds. The molecule has 0 spiro atoms. The van der Waals surface area contributed by atoms with Crippen molar-refractivity contribution in [3.63, 3.8) is 0 Å². The molecule has 0 saturated carbocycles. The highest BCUT2D eigenvalue weighted by molar-refractivity contribution is 5.87. The lowest BCUT2D eigenvalue weighted by molar-refractivity contribution is -0.338. The van der Waals surface area contributed by atoms with Gasteiger partial charge in [0.15, 0.2) is 18.2 Å². The van der Waals surface area contributed by atoms with Gasteiger partial charge in [0.25, 0.3) is 0 Å². The third-order valence-electron chi connectivity index (χ3n) is 12.5. The lowest BCUT2D eigenvalue weighted by atomic mass is 9.77. The van der Waals surface area contributed by atoms with Crippen molar-refractivity contribution in [3.05, 3.63) is 59.4 Å². The molecule has 0 bridgehead atoms. The maximum Gasteiger partial charge on any atom is 0.404 e. The van der Waals surface area contributed by atoms with E-state index in [1.165, 1.54) is 20.3 Å². The number of amides is 1. The molecule has 0 aromatic rings. The van der Waals surface area contributed by atoms with E-state index in [1.807, 2.05) is 47.6 Å². The Balaban J connectivity index is 1.99. The minimum atomic E-state index is -1.97. The predicted molar refractivity (Wildman–Crippen MR) is 224 cm³/mol. The number of carbonyl (C=O) groups excluding carboxylic acids is 2. The first-order valence-corrected chi connectivity index (χ1v) is 21.1. The summed E-state index contributed by atoms with van der Waals surface area (Å²) in [5, 5.41) is 57.6. The second-order valence-corrected chi connectivity index (χ2v) is 17.3. The second-order valence-electron chi connectivity index (χ2n) is 17.3. The third-order valence-corrected chi connectivity index (χ3v) is 12.5. The van der Waals surface area contributed by atoms with Crippen LogP contribution in [0.15, 0.2) is 59.4 Å². The van der Waals surface area contributed by atoms with Gasteiger partial charge in [0.2, 0.25) is 5.76 Å². The van der Waals surface area contributed by atoms with Crippen LogP contribution >= 0.6 is 0 Å². The Morgan fingerprint density at radius 3 is 2.30 bits per heavy atom. The van der Waals surface area contributed by atoms with Gasteiger partial charge in [-0.3, -0.25) is 0 Å². The smallest absolute Gasteiger partial charge is 0.404 e. The van der Waals surface area contributed by atoms with Gasteiger partial charge in [0.05, 0.1) is 49.8 Å². The highest BCUT2D eigenvalue weighted by atomic mass is 16.7. The van der Waals surface area contributed by atoms with Crippen LogP contribution in [-0.2, 0) is 38.0 Å². The number of hydrogen-bond acceptors (Lipinski definition) is 14. The quantitative estimate of drug-likeness (QED) is 0.131. The summed E-state index contributed by atoms with van der Waals surface area (Å²) in [4.78, 5) is 25.3. The summed E-state index contributed by atoms with van der Waals surface area (Å²) >= 11 is 0. The number of aliphatic hydroxyl groups is 5. The summed E-state index contributed by atoms with van der Waals surface area (Å²) in [6, 6.07) is 0. The molecule has 7 N–H and O–H groups in total. The Hall–Kier alpha value is -3.12. The minimum absolute atomic E-state index is 0.0314. The Kier molecular flexibility index (Phi) is 19.5.